The van der Waals surface area contributed by atoms with Gasteiger partial charge in [0.2, 0.25) is 0 Å². The Labute approximate surface area is 138 Å². The van der Waals surface area contributed by atoms with Crippen LogP contribution >= 0.6 is 23.4 Å². The van der Waals surface area contributed by atoms with Gasteiger partial charge < -0.3 is 10.4 Å². The summed E-state index contributed by atoms with van der Waals surface area (Å²) < 4.78 is 13.4. The number of aliphatic hydroxyl groups is 1. The monoisotopic (exact) mass is 337 g/mol. The fourth-order valence-corrected chi connectivity index (χ4v) is 3.96. The summed E-state index contributed by atoms with van der Waals surface area (Å²) in [6.07, 6.45) is 1.03. The van der Waals surface area contributed by atoms with Crippen LogP contribution in [0, 0.1) is 5.82 Å². The molecule has 0 spiro atoms. The van der Waals surface area contributed by atoms with Crippen LogP contribution in [0.4, 0.5) is 4.39 Å². The molecule has 0 fully saturated rings. The fraction of sp³-hybridized carbons (Fsp3) is 0.294. The Kier molecular flexibility index (Phi) is 5.03. The van der Waals surface area contributed by atoms with Crippen molar-refractivity contribution in [2.24, 2.45) is 0 Å². The lowest BCUT2D eigenvalue weighted by atomic mass is 10.0. The van der Waals surface area contributed by atoms with E-state index in [0.29, 0.717) is 12.1 Å². The number of halogens is 2. The van der Waals surface area contributed by atoms with Crippen molar-refractivity contribution in [2.45, 2.75) is 30.5 Å². The second kappa shape index (κ2) is 7.01. The second-order valence-electron chi connectivity index (χ2n) is 5.34. The molecule has 1 aliphatic heterocycles. The van der Waals surface area contributed by atoms with E-state index in [1.54, 1.807) is 12.1 Å². The highest BCUT2D eigenvalue weighted by atomic mass is 35.5. The maximum Gasteiger partial charge on any atom is 0.128 e. The third-order valence-electron chi connectivity index (χ3n) is 3.84. The number of thioether (sulfide) groups is 1. The molecule has 1 unspecified atom stereocenters. The molecule has 0 saturated carbocycles. The van der Waals surface area contributed by atoms with E-state index in [0.717, 1.165) is 22.8 Å². The summed E-state index contributed by atoms with van der Waals surface area (Å²) in [6.45, 7) is 0.354. The van der Waals surface area contributed by atoms with Crippen LogP contribution in [-0.2, 0) is 13.2 Å². The first-order valence-electron chi connectivity index (χ1n) is 7.21. The van der Waals surface area contributed by atoms with Crippen LogP contribution in [0.1, 0.15) is 29.2 Å². The number of aliphatic hydroxyl groups excluding tert-OH is 1. The van der Waals surface area contributed by atoms with Crippen LogP contribution in [0.25, 0.3) is 0 Å². The highest BCUT2D eigenvalue weighted by molar-refractivity contribution is 7.99. The van der Waals surface area contributed by atoms with E-state index in [1.165, 1.54) is 16.5 Å². The molecule has 0 aromatic heterocycles. The maximum absolute atomic E-state index is 13.4. The predicted molar refractivity (Wildman–Crippen MR) is 88.7 cm³/mol. The molecule has 2 aromatic rings. The van der Waals surface area contributed by atoms with Gasteiger partial charge in [-0.3, -0.25) is 0 Å². The number of fused-ring (bicyclic) bond motifs is 1. The molecule has 0 aliphatic carbocycles. The van der Waals surface area contributed by atoms with Crippen molar-refractivity contribution in [1.82, 2.24) is 5.32 Å². The average molecular weight is 338 g/mol. The van der Waals surface area contributed by atoms with E-state index in [1.807, 2.05) is 23.9 Å². The van der Waals surface area contributed by atoms with E-state index >= 15 is 0 Å². The molecule has 116 valence electrons. The molecule has 0 radical (unpaired) electrons. The smallest absolute Gasteiger partial charge is 0.128 e. The lowest BCUT2D eigenvalue weighted by Gasteiger charge is -2.26. The first-order valence-corrected chi connectivity index (χ1v) is 8.57. The van der Waals surface area contributed by atoms with Crippen LogP contribution < -0.4 is 5.32 Å². The first kappa shape index (κ1) is 15.8. The molecule has 2 nitrogen and oxygen atoms in total. The molecule has 1 aliphatic rings. The standard InChI is InChI=1S/C17H17ClFNOS/c18-13-2-4-17-14(8-13)16(5-6-22-17)20-9-11-1-3-15(19)12(7-11)10-21/h1-4,7-8,16,20-21H,5-6,9-10H2. The second-order valence-corrected chi connectivity index (χ2v) is 6.91. The Bertz CT molecular complexity index is 680. The summed E-state index contributed by atoms with van der Waals surface area (Å²) >= 11 is 7.96. The summed E-state index contributed by atoms with van der Waals surface area (Å²) in [5.41, 5.74) is 2.53. The Morgan fingerprint density at radius 2 is 2.14 bits per heavy atom. The molecule has 2 aromatic carbocycles. The molecule has 22 heavy (non-hydrogen) atoms. The first-order chi connectivity index (χ1) is 10.7. The van der Waals surface area contributed by atoms with Gasteiger partial charge in [-0.25, -0.2) is 4.39 Å². The molecule has 1 heterocycles. The Hall–Kier alpha value is -1.07. The van der Waals surface area contributed by atoms with Crippen molar-refractivity contribution in [2.75, 3.05) is 5.75 Å². The van der Waals surface area contributed by atoms with Crippen molar-refractivity contribution in [3.63, 3.8) is 0 Å². The van der Waals surface area contributed by atoms with Gasteiger partial charge >= 0.3 is 0 Å². The average Bonchev–Trinajstić information content (AvgIpc) is 2.54. The summed E-state index contributed by atoms with van der Waals surface area (Å²) in [5.74, 6) is 0.704. The minimum atomic E-state index is -0.363. The third kappa shape index (κ3) is 3.46. The molecule has 5 heteroatoms. The van der Waals surface area contributed by atoms with Crippen LogP contribution in [0.2, 0.25) is 5.02 Å². The molecule has 0 amide bonds. The molecule has 3 rings (SSSR count). The van der Waals surface area contributed by atoms with Gasteiger partial charge in [0, 0.05) is 28.1 Å². The zero-order chi connectivity index (χ0) is 15.5. The van der Waals surface area contributed by atoms with Crippen LogP contribution in [0.5, 0.6) is 0 Å². The largest absolute Gasteiger partial charge is 0.392 e. The van der Waals surface area contributed by atoms with E-state index in [2.05, 4.69) is 11.4 Å². The zero-order valence-electron chi connectivity index (χ0n) is 12.0. The van der Waals surface area contributed by atoms with Gasteiger partial charge in [-0.05, 0) is 53.6 Å². The molecular formula is C17H17ClFNOS. The van der Waals surface area contributed by atoms with Crippen molar-refractivity contribution in [3.05, 3.63) is 63.9 Å². The minimum Gasteiger partial charge on any atom is -0.392 e. The Balaban J connectivity index is 1.74. The predicted octanol–water partition coefficient (Wildman–Crippen LogP) is 4.30. The highest BCUT2D eigenvalue weighted by Gasteiger charge is 2.20. The maximum atomic E-state index is 13.4. The van der Waals surface area contributed by atoms with Gasteiger partial charge in [0.15, 0.2) is 0 Å². The van der Waals surface area contributed by atoms with E-state index in [9.17, 15) is 4.39 Å². The highest BCUT2D eigenvalue weighted by Crippen LogP contribution is 2.37. The minimum absolute atomic E-state index is 0.248. The lowest BCUT2D eigenvalue weighted by Crippen LogP contribution is -2.24. The van der Waals surface area contributed by atoms with E-state index in [-0.39, 0.29) is 18.5 Å². The van der Waals surface area contributed by atoms with Crippen LogP contribution in [0.15, 0.2) is 41.3 Å². The van der Waals surface area contributed by atoms with Crippen LogP contribution in [-0.4, -0.2) is 10.9 Å². The number of rotatable bonds is 4. The molecular weight excluding hydrogens is 321 g/mol. The van der Waals surface area contributed by atoms with Crippen molar-refractivity contribution >= 4 is 23.4 Å². The van der Waals surface area contributed by atoms with Gasteiger partial charge in [0.05, 0.1) is 6.61 Å². The van der Waals surface area contributed by atoms with Gasteiger partial charge in [-0.1, -0.05) is 17.7 Å². The Morgan fingerprint density at radius 3 is 2.95 bits per heavy atom. The lowest BCUT2D eigenvalue weighted by molar-refractivity contribution is 0.275. The van der Waals surface area contributed by atoms with Crippen molar-refractivity contribution < 1.29 is 9.50 Å². The molecule has 2 N–H and O–H groups in total. The number of benzene rings is 2. The summed E-state index contributed by atoms with van der Waals surface area (Å²) in [6, 6.07) is 11.1. The van der Waals surface area contributed by atoms with Gasteiger partial charge in [0.25, 0.3) is 0 Å². The fourth-order valence-electron chi connectivity index (χ4n) is 2.68. The normalized spacial score (nSPS) is 17.3. The van der Waals surface area contributed by atoms with Crippen LogP contribution in [0.3, 0.4) is 0 Å². The zero-order valence-corrected chi connectivity index (χ0v) is 13.6. The summed E-state index contributed by atoms with van der Waals surface area (Å²) in [5, 5.41) is 13.4. The van der Waals surface area contributed by atoms with E-state index in [4.69, 9.17) is 16.7 Å². The SMILES string of the molecule is OCc1cc(CNC2CCSc3ccc(Cl)cc32)ccc1F. The summed E-state index contributed by atoms with van der Waals surface area (Å²) in [4.78, 5) is 1.27. The topological polar surface area (TPSA) is 32.3 Å². The Morgan fingerprint density at radius 1 is 1.27 bits per heavy atom. The quantitative estimate of drug-likeness (QED) is 0.872. The van der Waals surface area contributed by atoms with Crippen molar-refractivity contribution in [3.8, 4) is 0 Å². The molecule has 0 saturated heterocycles. The summed E-state index contributed by atoms with van der Waals surface area (Å²) in [7, 11) is 0. The molecule has 1 atom stereocenters. The number of nitrogens with one attached hydrogen (secondary N) is 1. The van der Waals surface area contributed by atoms with E-state index < -0.39 is 0 Å². The number of hydrogen-bond acceptors (Lipinski definition) is 3. The van der Waals surface area contributed by atoms with Gasteiger partial charge in [-0.15, -0.1) is 11.8 Å². The third-order valence-corrected chi connectivity index (χ3v) is 5.20. The number of hydrogen-bond donors (Lipinski definition) is 2. The van der Waals surface area contributed by atoms with Gasteiger partial charge in [-0.2, -0.15) is 0 Å². The molecule has 0 bridgehead atoms. The van der Waals surface area contributed by atoms with Gasteiger partial charge in [0.1, 0.15) is 5.82 Å². The van der Waals surface area contributed by atoms with Crippen molar-refractivity contribution in [1.29, 1.82) is 0 Å².